The van der Waals surface area contributed by atoms with E-state index in [4.69, 9.17) is 21.1 Å². The van der Waals surface area contributed by atoms with Crippen LogP contribution < -0.4 is 15.4 Å². The average Bonchev–Trinajstić information content (AvgIpc) is 3.03. The van der Waals surface area contributed by atoms with Crippen LogP contribution in [-0.4, -0.2) is 38.3 Å². The van der Waals surface area contributed by atoms with Crippen LogP contribution in [0.5, 0.6) is 5.75 Å². The fourth-order valence-corrected chi connectivity index (χ4v) is 2.40. The molecule has 22 heavy (non-hydrogen) atoms. The van der Waals surface area contributed by atoms with Gasteiger partial charge < -0.3 is 20.1 Å². The van der Waals surface area contributed by atoms with Crippen LogP contribution in [0.15, 0.2) is 18.2 Å². The molecule has 1 aromatic carbocycles. The second-order valence-corrected chi connectivity index (χ2v) is 5.73. The summed E-state index contributed by atoms with van der Waals surface area (Å²) in [5, 5.41) is 6.49. The first-order valence-electron chi connectivity index (χ1n) is 7.73. The Morgan fingerprint density at radius 2 is 2.36 bits per heavy atom. The normalized spacial score (nSPS) is 17.3. The van der Waals surface area contributed by atoms with Crippen molar-refractivity contribution >= 4 is 23.2 Å². The van der Waals surface area contributed by atoms with E-state index in [1.54, 1.807) is 12.1 Å². The average molecular weight is 327 g/mol. The van der Waals surface area contributed by atoms with E-state index in [2.05, 4.69) is 10.6 Å². The number of amides is 1. The zero-order valence-electron chi connectivity index (χ0n) is 12.9. The van der Waals surface area contributed by atoms with Crippen LogP contribution in [0.2, 0.25) is 5.02 Å². The number of hydrogen-bond donors (Lipinski definition) is 2. The third kappa shape index (κ3) is 5.39. The van der Waals surface area contributed by atoms with Gasteiger partial charge in [0.1, 0.15) is 12.4 Å². The smallest absolute Gasteiger partial charge is 0.239 e. The Hall–Kier alpha value is -1.46. The van der Waals surface area contributed by atoms with Gasteiger partial charge in [-0.2, -0.15) is 0 Å². The van der Waals surface area contributed by atoms with Gasteiger partial charge in [0.25, 0.3) is 0 Å². The molecule has 0 radical (unpaired) electrons. The van der Waals surface area contributed by atoms with E-state index < -0.39 is 0 Å². The molecule has 122 valence electrons. The molecule has 1 aliphatic rings. The van der Waals surface area contributed by atoms with Crippen molar-refractivity contribution in [2.45, 2.75) is 32.3 Å². The first-order valence-corrected chi connectivity index (χ1v) is 8.11. The number of ether oxygens (including phenoxy) is 2. The molecule has 1 aliphatic heterocycles. The zero-order chi connectivity index (χ0) is 15.8. The Morgan fingerprint density at radius 3 is 3.09 bits per heavy atom. The highest BCUT2D eigenvalue weighted by Gasteiger charge is 2.17. The SMILES string of the molecule is CCCNC(=O)CNc1cc(Cl)ccc1OC[C@@H]1CCCO1. The van der Waals surface area contributed by atoms with Gasteiger partial charge in [-0.1, -0.05) is 18.5 Å². The summed E-state index contributed by atoms with van der Waals surface area (Å²) in [6.45, 7) is 4.20. The maximum absolute atomic E-state index is 11.7. The first-order chi connectivity index (χ1) is 10.7. The first kappa shape index (κ1) is 16.9. The van der Waals surface area contributed by atoms with E-state index >= 15 is 0 Å². The summed E-state index contributed by atoms with van der Waals surface area (Å²) in [5.74, 6) is 0.634. The lowest BCUT2D eigenvalue weighted by Gasteiger charge is -2.16. The zero-order valence-corrected chi connectivity index (χ0v) is 13.6. The van der Waals surface area contributed by atoms with Gasteiger partial charge >= 0.3 is 0 Å². The Labute approximate surface area is 136 Å². The number of halogens is 1. The van der Waals surface area contributed by atoms with Crippen molar-refractivity contribution in [3.8, 4) is 5.75 Å². The molecular formula is C16H23ClN2O3. The van der Waals surface area contributed by atoms with Crippen molar-refractivity contribution in [3.63, 3.8) is 0 Å². The summed E-state index contributed by atoms with van der Waals surface area (Å²) in [7, 11) is 0. The van der Waals surface area contributed by atoms with Crippen LogP contribution in [0.3, 0.4) is 0 Å². The van der Waals surface area contributed by atoms with Gasteiger partial charge in [-0.05, 0) is 37.5 Å². The molecule has 1 fully saturated rings. The summed E-state index contributed by atoms with van der Waals surface area (Å²) < 4.78 is 11.4. The molecule has 0 aliphatic carbocycles. The quantitative estimate of drug-likeness (QED) is 0.771. The fraction of sp³-hybridized carbons (Fsp3) is 0.562. The van der Waals surface area contributed by atoms with Gasteiger partial charge in [-0.25, -0.2) is 0 Å². The summed E-state index contributed by atoms with van der Waals surface area (Å²) in [6.07, 6.45) is 3.17. The third-order valence-electron chi connectivity index (χ3n) is 3.40. The van der Waals surface area contributed by atoms with Crippen LogP contribution >= 0.6 is 11.6 Å². The van der Waals surface area contributed by atoms with Crippen LogP contribution in [0.4, 0.5) is 5.69 Å². The molecule has 2 rings (SSSR count). The Balaban J connectivity index is 1.90. The monoisotopic (exact) mass is 326 g/mol. The van der Waals surface area contributed by atoms with E-state index in [0.717, 1.165) is 31.6 Å². The fourth-order valence-electron chi connectivity index (χ4n) is 2.23. The lowest BCUT2D eigenvalue weighted by Crippen LogP contribution is -2.30. The predicted octanol–water partition coefficient (Wildman–Crippen LogP) is 2.84. The minimum absolute atomic E-state index is 0.0492. The van der Waals surface area contributed by atoms with Gasteiger partial charge in [-0.3, -0.25) is 4.79 Å². The predicted molar refractivity (Wildman–Crippen MR) is 87.7 cm³/mol. The highest BCUT2D eigenvalue weighted by molar-refractivity contribution is 6.30. The number of carbonyl (C=O) groups excluding carboxylic acids is 1. The second-order valence-electron chi connectivity index (χ2n) is 5.29. The van der Waals surface area contributed by atoms with E-state index in [1.165, 1.54) is 0 Å². The maximum atomic E-state index is 11.7. The highest BCUT2D eigenvalue weighted by atomic mass is 35.5. The molecule has 1 aromatic rings. The molecule has 1 amide bonds. The van der Waals surface area contributed by atoms with Crippen molar-refractivity contribution in [2.24, 2.45) is 0 Å². The van der Waals surface area contributed by atoms with Gasteiger partial charge in [0, 0.05) is 18.2 Å². The molecule has 1 atom stereocenters. The molecule has 2 N–H and O–H groups in total. The minimum atomic E-state index is -0.0492. The topological polar surface area (TPSA) is 59.6 Å². The largest absolute Gasteiger partial charge is 0.489 e. The molecule has 0 saturated carbocycles. The van der Waals surface area contributed by atoms with Crippen molar-refractivity contribution in [2.75, 3.05) is 31.6 Å². The van der Waals surface area contributed by atoms with E-state index in [1.807, 2.05) is 13.0 Å². The van der Waals surface area contributed by atoms with Crippen molar-refractivity contribution in [1.82, 2.24) is 5.32 Å². The van der Waals surface area contributed by atoms with Gasteiger partial charge in [-0.15, -0.1) is 0 Å². The van der Waals surface area contributed by atoms with Crippen molar-refractivity contribution < 1.29 is 14.3 Å². The Morgan fingerprint density at radius 1 is 1.50 bits per heavy atom. The standard InChI is InChI=1S/C16H23ClN2O3/c1-2-7-18-16(20)10-19-14-9-12(17)5-6-15(14)22-11-13-4-3-8-21-13/h5-6,9,13,19H,2-4,7-8,10-11H2,1H3,(H,18,20)/t13-/m0/s1. The molecule has 0 aromatic heterocycles. The number of rotatable bonds is 8. The second kappa shape index (κ2) is 8.86. The molecule has 0 spiro atoms. The lowest BCUT2D eigenvalue weighted by molar-refractivity contribution is -0.119. The maximum Gasteiger partial charge on any atom is 0.239 e. The Kier molecular flexibility index (Phi) is 6.80. The van der Waals surface area contributed by atoms with Gasteiger partial charge in [0.05, 0.1) is 18.3 Å². The highest BCUT2D eigenvalue weighted by Crippen LogP contribution is 2.28. The van der Waals surface area contributed by atoms with Crippen LogP contribution in [0.1, 0.15) is 26.2 Å². The van der Waals surface area contributed by atoms with Gasteiger partial charge in [0.2, 0.25) is 5.91 Å². The number of carbonyl (C=O) groups is 1. The minimum Gasteiger partial charge on any atom is -0.489 e. The molecule has 0 bridgehead atoms. The lowest BCUT2D eigenvalue weighted by atomic mass is 10.2. The molecule has 5 nitrogen and oxygen atoms in total. The van der Waals surface area contributed by atoms with Crippen LogP contribution in [0, 0.1) is 0 Å². The molecule has 1 heterocycles. The Bertz CT molecular complexity index is 490. The summed E-state index contributed by atoms with van der Waals surface area (Å²) >= 11 is 6.02. The number of anilines is 1. The van der Waals surface area contributed by atoms with Crippen molar-refractivity contribution in [1.29, 1.82) is 0 Å². The van der Waals surface area contributed by atoms with Gasteiger partial charge in [0.15, 0.2) is 0 Å². The number of hydrogen-bond acceptors (Lipinski definition) is 4. The molecule has 1 saturated heterocycles. The number of nitrogens with one attached hydrogen (secondary N) is 2. The summed E-state index contributed by atoms with van der Waals surface area (Å²) in [6, 6.07) is 5.35. The number of benzene rings is 1. The molecule has 6 heteroatoms. The third-order valence-corrected chi connectivity index (χ3v) is 3.64. The van der Waals surface area contributed by atoms with Crippen LogP contribution in [-0.2, 0) is 9.53 Å². The van der Waals surface area contributed by atoms with E-state index in [-0.39, 0.29) is 18.6 Å². The van der Waals surface area contributed by atoms with Crippen molar-refractivity contribution in [3.05, 3.63) is 23.2 Å². The summed E-state index contributed by atoms with van der Waals surface area (Å²) in [5.41, 5.74) is 0.720. The van der Waals surface area contributed by atoms with E-state index in [0.29, 0.717) is 23.9 Å². The van der Waals surface area contributed by atoms with E-state index in [9.17, 15) is 4.79 Å². The summed E-state index contributed by atoms with van der Waals surface area (Å²) in [4.78, 5) is 11.7. The van der Waals surface area contributed by atoms with Crippen LogP contribution in [0.25, 0.3) is 0 Å². The molecule has 0 unspecified atom stereocenters. The molecular weight excluding hydrogens is 304 g/mol.